The number of anilines is 1. The van der Waals surface area contributed by atoms with Crippen LogP contribution >= 0.6 is 34.4 Å². The summed E-state index contributed by atoms with van der Waals surface area (Å²) in [6, 6.07) is 13.3. The Bertz CT molecular complexity index is 1520. The van der Waals surface area contributed by atoms with E-state index in [9.17, 15) is 0 Å². The number of hydrogen-bond acceptors (Lipinski definition) is 6. The summed E-state index contributed by atoms with van der Waals surface area (Å²) in [6.45, 7) is 4.35. The molecule has 2 aliphatic rings. The predicted molar refractivity (Wildman–Crippen MR) is 154 cm³/mol. The number of thiazole rings is 2. The van der Waals surface area contributed by atoms with E-state index in [2.05, 4.69) is 107 Å². The van der Waals surface area contributed by atoms with E-state index >= 15 is 0 Å². The van der Waals surface area contributed by atoms with Gasteiger partial charge >= 0.3 is 0 Å². The molecule has 0 radical (unpaired) electrons. The van der Waals surface area contributed by atoms with Crippen LogP contribution in [0.4, 0.5) is 5.69 Å². The lowest BCUT2D eigenvalue weighted by molar-refractivity contribution is 1.06. The van der Waals surface area contributed by atoms with Crippen LogP contribution in [-0.2, 0) is 0 Å². The Morgan fingerprint density at radius 2 is 1.83 bits per heavy atom. The summed E-state index contributed by atoms with van der Waals surface area (Å²) >= 11 is 5.23. The van der Waals surface area contributed by atoms with E-state index in [1.807, 2.05) is 22.8 Å². The summed E-state index contributed by atoms with van der Waals surface area (Å²) in [5.41, 5.74) is 11.7. The Balaban J connectivity index is 1.33. The highest BCUT2D eigenvalue weighted by Crippen LogP contribution is 2.37. The van der Waals surface area contributed by atoms with Gasteiger partial charge in [0, 0.05) is 29.3 Å². The minimum absolute atomic E-state index is 0.225. The van der Waals surface area contributed by atoms with E-state index < -0.39 is 0 Å². The molecule has 172 valence electrons. The van der Waals surface area contributed by atoms with Crippen molar-refractivity contribution in [2.24, 2.45) is 0 Å². The number of benzene rings is 2. The minimum atomic E-state index is 0.225. The van der Waals surface area contributed by atoms with Crippen molar-refractivity contribution in [3.63, 3.8) is 0 Å². The largest absolute Gasteiger partial charge is 0.344 e. The van der Waals surface area contributed by atoms with Gasteiger partial charge in [0.15, 0.2) is 0 Å². The average molecular weight is 510 g/mol. The van der Waals surface area contributed by atoms with Crippen molar-refractivity contribution in [3.8, 4) is 0 Å². The molecule has 0 spiro atoms. The molecule has 0 saturated heterocycles. The van der Waals surface area contributed by atoms with E-state index in [-0.39, 0.29) is 5.92 Å². The van der Waals surface area contributed by atoms with Crippen LogP contribution in [0.1, 0.15) is 27.6 Å². The van der Waals surface area contributed by atoms with Gasteiger partial charge in [-0.3, -0.25) is 0 Å². The Kier molecular flexibility index (Phi) is 6.02. The van der Waals surface area contributed by atoms with Gasteiger partial charge in [-0.25, -0.2) is 9.97 Å². The Morgan fingerprint density at radius 3 is 2.77 bits per heavy atom. The molecule has 4 aromatic rings. The van der Waals surface area contributed by atoms with Crippen LogP contribution in [0.25, 0.3) is 27.9 Å². The third-order valence-electron chi connectivity index (χ3n) is 6.36. The lowest BCUT2D eigenvalue weighted by atomic mass is 9.98. The molecular formula is C29H23N3S3. The van der Waals surface area contributed by atoms with Crippen LogP contribution in [-0.4, -0.2) is 22.8 Å². The second-order valence-corrected chi connectivity index (χ2v) is 11.3. The first-order chi connectivity index (χ1) is 17.2. The quantitative estimate of drug-likeness (QED) is 0.272. The highest BCUT2D eigenvalue weighted by molar-refractivity contribution is 7.99. The molecule has 35 heavy (non-hydrogen) atoms. The van der Waals surface area contributed by atoms with Gasteiger partial charge < -0.3 is 4.90 Å². The van der Waals surface area contributed by atoms with E-state index in [0.29, 0.717) is 0 Å². The Labute approximate surface area is 217 Å². The number of thioether (sulfide) groups is 1. The second-order valence-electron chi connectivity index (χ2n) is 8.46. The van der Waals surface area contributed by atoms with Gasteiger partial charge in [0.2, 0.25) is 0 Å². The third-order valence-corrected chi connectivity index (χ3v) is 8.94. The standard InChI is InChI=1S/C29H23N3S3/c1-19-3-4-21(22-6-10-25-28(15-22)35-18-31-25)13-14-33-29-16-23(7-11-26(29)32(19)2)20-5-9-24-27(12-8-20)34-17-30-24/h3-13,15-18,20H,1,14H2,2H3/b4-3-,21-13+. The normalized spacial score (nSPS) is 20.1. The van der Waals surface area contributed by atoms with E-state index in [1.54, 1.807) is 22.7 Å². The lowest BCUT2D eigenvalue weighted by Crippen LogP contribution is -2.15. The summed E-state index contributed by atoms with van der Waals surface area (Å²) in [5.74, 6) is 1.11. The third kappa shape index (κ3) is 4.45. The molecule has 3 nitrogen and oxygen atoms in total. The molecule has 1 aliphatic heterocycles. The van der Waals surface area contributed by atoms with Crippen LogP contribution in [0.15, 0.2) is 95.0 Å². The van der Waals surface area contributed by atoms with Gasteiger partial charge in [0.1, 0.15) is 0 Å². The molecule has 1 atom stereocenters. The number of fused-ring (bicyclic) bond motifs is 3. The van der Waals surface area contributed by atoms with Crippen LogP contribution < -0.4 is 4.90 Å². The number of nitrogens with zero attached hydrogens (tertiary/aromatic N) is 3. The molecule has 0 N–H and O–H groups in total. The summed E-state index contributed by atoms with van der Waals surface area (Å²) in [7, 11) is 2.09. The highest BCUT2D eigenvalue weighted by Gasteiger charge is 2.16. The van der Waals surface area contributed by atoms with Crippen molar-refractivity contribution < 1.29 is 0 Å². The maximum absolute atomic E-state index is 4.47. The molecule has 0 amide bonds. The predicted octanol–water partition coefficient (Wildman–Crippen LogP) is 8.27. The molecule has 2 aromatic heterocycles. The number of likely N-dealkylation sites (N-methyl/N-ethyl adjacent to an activating group) is 1. The van der Waals surface area contributed by atoms with Crippen molar-refractivity contribution in [1.29, 1.82) is 0 Å². The van der Waals surface area contributed by atoms with E-state index in [0.717, 1.165) is 22.7 Å². The van der Waals surface area contributed by atoms with Crippen molar-refractivity contribution in [2.45, 2.75) is 10.8 Å². The first-order valence-corrected chi connectivity index (χ1v) is 14.1. The number of aromatic nitrogens is 2. The van der Waals surface area contributed by atoms with Crippen LogP contribution in [0.2, 0.25) is 0 Å². The molecule has 6 heteroatoms. The van der Waals surface area contributed by atoms with Gasteiger partial charge in [0.25, 0.3) is 0 Å². The summed E-state index contributed by atoms with van der Waals surface area (Å²) in [6.07, 6.45) is 15.5. The molecule has 0 saturated carbocycles. The lowest BCUT2D eigenvalue weighted by Gasteiger charge is -2.24. The van der Waals surface area contributed by atoms with Gasteiger partial charge in [-0.2, -0.15) is 0 Å². The Hall–Kier alpha value is -3.19. The smallest absolute Gasteiger partial charge is 0.0812 e. The van der Waals surface area contributed by atoms with Crippen LogP contribution in [0, 0.1) is 0 Å². The van der Waals surface area contributed by atoms with Crippen molar-refractivity contribution >= 4 is 68.1 Å². The SMILES string of the molecule is C=C1/C=C\C(c2ccc3ncsc3c2)=C/CSc2cc(C3C=Cc4ncsc4C=C3)ccc2N1C. The van der Waals surface area contributed by atoms with Crippen molar-refractivity contribution in [1.82, 2.24) is 9.97 Å². The van der Waals surface area contributed by atoms with E-state index in [4.69, 9.17) is 0 Å². The zero-order valence-electron chi connectivity index (χ0n) is 19.2. The topological polar surface area (TPSA) is 29.0 Å². The van der Waals surface area contributed by atoms with Gasteiger partial charge in [-0.05, 0) is 59.2 Å². The molecule has 1 unspecified atom stereocenters. The van der Waals surface area contributed by atoms with E-state index in [1.165, 1.54) is 36.9 Å². The fourth-order valence-electron chi connectivity index (χ4n) is 4.31. The zero-order valence-corrected chi connectivity index (χ0v) is 21.7. The number of rotatable bonds is 2. The molecule has 2 aromatic carbocycles. The van der Waals surface area contributed by atoms with Crippen molar-refractivity contribution in [3.05, 3.63) is 112 Å². The number of allylic oxidation sites excluding steroid dienone is 5. The average Bonchev–Trinajstić information content (AvgIpc) is 3.49. The molecule has 0 bridgehead atoms. The van der Waals surface area contributed by atoms with Crippen LogP contribution in [0.5, 0.6) is 0 Å². The second kappa shape index (κ2) is 9.46. The summed E-state index contributed by atoms with van der Waals surface area (Å²) < 4.78 is 1.21. The van der Waals surface area contributed by atoms with Crippen molar-refractivity contribution in [2.75, 3.05) is 17.7 Å². The van der Waals surface area contributed by atoms with Gasteiger partial charge in [0.05, 0.1) is 37.5 Å². The maximum atomic E-state index is 4.47. The number of hydrogen-bond donors (Lipinski definition) is 0. The fraction of sp³-hybridized carbons (Fsp3) is 0.103. The van der Waals surface area contributed by atoms with Gasteiger partial charge in [-0.1, -0.05) is 43.0 Å². The Morgan fingerprint density at radius 1 is 0.943 bits per heavy atom. The first kappa shape index (κ1) is 22.3. The molecule has 0 fully saturated rings. The summed E-state index contributed by atoms with van der Waals surface area (Å²) in [5, 5.41) is 0. The molecule has 6 rings (SSSR count). The van der Waals surface area contributed by atoms with Gasteiger partial charge in [-0.15, -0.1) is 34.4 Å². The maximum Gasteiger partial charge on any atom is 0.0812 e. The first-order valence-electron chi connectivity index (χ1n) is 11.4. The minimum Gasteiger partial charge on any atom is -0.344 e. The summed E-state index contributed by atoms with van der Waals surface area (Å²) in [4.78, 5) is 13.5. The fourth-order valence-corrected chi connectivity index (χ4v) is 6.72. The molecule has 1 aliphatic carbocycles. The molecule has 3 heterocycles. The zero-order chi connectivity index (χ0) is 23.8. The monoisotopic (exact) mass is 509 g/mol. The van der Waals surface area contributed by atoms with Crippen LogP contribution in [0.3, 0.4) is 0 Å². The highest BCUT2D eigenvalue weighted by atomic mass is 32.2. The molecular weight excluding hydrogens is 487 g/mol.